The van der Waals surface area contributed by atoms with Crippen LogP contribution >= 0.6 is 0 Å². The van der Waals surface area contributed by atoms with E-state index in [9.17, 15) is 13.2 Å². The summed E-state index contributed by atoms with van der Waals surface area (Å²) >= 11 is 0. The van der Waals surface area contributed by atoms with Crippen LogP contribution in [-0.4, -0.2) is 31.2 Å². The van der Waals surface area contributed by atoms with Gasteiger partial charge in [0.05, 0.1) is 17.0 Å². The van der Waals surface area contributed by atoms with Crippen molar-refractivity contribution in [3.8, 4) is 0 Å². The number of rotatable bonds is 4. The molecule has 2 N–H and O–H groups in total. The zero-order chi connectivity index (χ0) is 15.0. The summed E-state index contributed by atoms with van der Waals surface area (Å²) in [6.45, 7) is 12.5. The topological polar surface area (TPSA) is 80.5 Å². The lowest BCUT2D eigenvalue weighted by Gasteiger charge is -2.30. The van der Waals surface area contributed by atoms with Crippen LogP contribution in [0, 0.1) is 5.41 Å². The van der Waals surface area contributed by atoms with E-state index >= 15 is 0 Å². The lowest BCUT2D eigenvalue weighted by molar-refractivity contribution is -0.122. The van der Waals surface area contributed by atoms with Crippen LogP contribution in [0.5, 0.6) is 0 Å². The van der Waals surface area contributed by atoms with Gasteiger partial charge >= 0.3 is 0 Å². The molecular weight excluding hydrogens is 264 g/mol. The van der Waals surface area contributed by atoms with Gasteiger partial charge in [0.2, 0.25) is 0 Å². The van der Waals surface area contributed by atoms with Crippen LogP contribution in [0.25, 0.3) is 0 Å². The van der Waals surface area contributed by atoms with Gasteiger partial charge in [-0.3, -0.25) is 4.79 Å². The van der Waals surface area contributed by atoms with Crippen molar-refractivity contribution < 1.29 is 13.2 Å². The molecule has 0 saturated carbocycles. The number of sulfonamides is 1. The summed E-state index contributed by atoms with van der Waals surface area (Å²) in [6.07, 6.45) is 2.40. The molecule has 19 heavy (non-hydrogen) atoms. The van der Waals surface area contributed by atoms with Crippen LogP contribution in [0.1, 0.15) is 20.8 Å². The van der Waals surface area contributed by atoms with Gasteiger partial charge < -0.3 is 5.73 Å². The largest absolute Gasteiger partial charge is 0.326 e. The highest BCUT2D eigenvalue weighted by atomic mass is 32.2. The molecule has 1 rings (SSSR count). The monoisotopic (exact) mass is 284 g/mol. The molecule has 6 heteroatoms. The Hall–Kier alpha value is -1.40. The number of hydrogen-bond acceptors (Lipinski definition) is 4. The van der Waals surface area contributed by atoms with E-state index in [0.29, 0.717) is 0 Å². The Morgan fingerprint density at radius 2 is 1.84 bits per heavy atom. The first kappa shape index (κ1) is 15.7. The Kier molecular flexibility index (Phi) is 4.07. The molecule has 0 radical (unpaired) electrons. The minimum absolute atomic E-state index is 0.0520. The second-order valence-corrected chi connectivity index (χ2v) is 7.33. The number of amides is 1. The lowest BCUT2D eigenvalue weighted by atomic mass is 9.87. The molecular formula is C13H20N2O3S. The molecule has 0 fully saturated rings. The highest BCUT2D eigenvalue weighted by Gasteiger charge is 2.42. The number of allylic oxidation sites excluding steroid dienone is 1. The minimum Gasteiger partial charge on any atom is -0.326 e. The molecule has 1 aliphatic heterocycles. The third-order valence-corrected chi connectivity index (χ3v) is 4.99. The van der Waals surface area contributed by atoms with E-state index in [1.807, 2.05) is 20.8 Å². The maximum Gasteiger partial charge on any atom is 0.269 e. The normalized spacial score (nSPS) is 20.6. The van der Waals surface area contributed by atoms with Gasteiger partial charge in [-0.2, -0.15) is 0 Å². The zero-order valence-electron chi connectivity index (χ0n) is 11.5. The van der Waals surface area contributed by atoms with Crippen LogP contribution in [0.3, 0.4) is 0 Å². The molecule has 0 aromatic rings. The van der Waals surface area contributed by atoms with E-state index in [1.54, 1.807) is 0 Å². The molecule has 5 nitrogen and oxygen atoms in total. The average Bonchev–Trinajstić information content (AvgIpc) is 2.46. The molecule has 1 amide bonds. The lowest BCUT2D eigenvalue weighted by Crippen LogP contribution is -2.47. The summed E-state index contributed by atoms with van der Waals surface area (Å²) in [5.41, 5.74) is 5.71. The maximum atomic E-state index is 12.2. The Morgan fingerprint density at radius 3 is 2.16 bits per heavy atom. The van der Waals surface area contributed by atoms with E-state index in [0.717, 1.165) is 10.4 Å². The van der Waals surface area contributed by atoms with Crippen molar-refractivity contribution in [3.63, 3.8) is 0 Å². The summed E-state index contributed by atoms with van der Waals surface area (Å²) in [5, 5.41) is 0. The fourth-order valence-corrected chi connectivity index (χ4v) is 3.21. The van der Waals surface area contributed by atoms with Crippen LogP contribution in [0.15, 0.2) is 35.8 Å². The maximum absolute atomic E-state index is 12.2. The van der Waals surface area contributed by atoms with Crippen LogP contribution in [-0.2, 0) is 14.8 Å². The Morgan fingerprint density at radius 1 is 1.32 bits per heavy atom. The van der Waals surface area contributed by atoms with Crippen molar-refractivity contribution >= 4 is 15.9 Å². The SMILES string of the molecule is C=CC1=C(C=C)S(=O)(=O)N(C[C@@H](N)C(C)(C)C)C1=O. The molecule has 1 atom stereocenters. The van der Waals surface area contributed by atoms with Crippen LogP contribution < -0.4 is 5.73 Å². The molecule has 0 saturated heterocycles. The van der Waals surface area contributed by atoms with Gasteiger partial charge in [0.25, 0.3) is 15.9 Å². The van der Waals surface area contributed by atoms with Crippen LogP contribution in [0.2, 0.25) is 0 Å². The Labute approximate surface area is 114 Å². The zero-order valence-corrected chi connectivity index (χ0v) is 12.3. The predicted octanol–water partition coefficient (Wildman–Crippen LogP) is 1.16. The second-order valence-electron chi connectivity index (χ2n) is 5.50. The van der Waals surface area contributed by atoms with Gasteiger partial charge in [-0.25, -0.2) is 12.7 Å². The molecule has 1 heterocycles. The van der Waals surface area contributed by atoms with E-state index in [-0.39, 0.29) is 22.4 Å². The number of carbonyl (C=O) groups is 1. The van der Waals surface area contributed by atoms with E-state index in [1.165, 1.54) is 6.08 Å². The highest BCUT2D eigenvalue weighted by molar-refractivity contribution is 7.94. The molecule has 0 spiro atoms. The Balaban J connectivity index is 3.19. The molecule has 1 aliphatic rings. The van der Waals surface area contributed by atoms with Gasteiger partial charge in [0, 0.05) is 6.04 Å². The van der Waals surface area contributed by atoms with Crippen LogP contribution in [0.4, 0.5) is 0 Å². The van der Waals surface area contributed by atoms with Crippen molar-refractivity contribution in [2.45, 2.75) is 26.8 Å². The minimum atomic E-state index is -3.85. The van der Waals surface area contributed by atoms with Crippen molar-refractivity contribution in [2.24, 2.45) is 11.1 Å². The number of nitrogens with zero attached hydrogens (tertiary/aromatic N) is 1. The van der Waals surface area contributed by atoms with Crippen molar-refractivity contribution in [1.82, 2.24) is 4.31 Å². The average molecular weight is 284 g/mol. The molecule has 0 aliphatic carbocycles. The van der Waals surface area contributed by atoms with Crippen molar-refractivity contribution in [3.05, 3.63) is 35.8 Å². The summed E-state index contributed by atoms with van der Waals surface area (Å²) < 4.78 is 25.3. The molecule has 106 valence electrons. The Bertz CT molecular complexity index is 553. The smallest absolute Gasteiger partial charge is 0.269 e. The van der Waals surface area contributed by atoms with Crippen molar-refractivity contribution in [1.29, 1.82) is 0 Å². The molecule has 0 bridgehead atoms. The first-order chi connectivity index (χ1) is 8.57. The highest BCUT2D eigenvalue weighted by Crippen LogP contribution is 2.31. The van der Waals surface area contributed by atoms with E-state index < -0.39 is 22.0 Å². The third kappa shape index (κ3) is 2.64. The first-order valence-electron chi connectivity index (χ1n) is 5.89. The van der Waals surface area contributed by atoms with E-state index in [2.05, 4.69) is 13.2 Å². The summed E-state index contributed by atoms with van der Waals surface area (Å²) in [5.74, 6) is -0.593. The third-order valence-electron chi connectivity index (χ3n) is 3.15. The fraction of sp³-hybridized carbons (Fsp3) is 0.462. The molecule has 0 unspecified atom stereocenters. The standard InChI is InChI=1S/C13H20N2O3S/c1-6-9-10(7-2)19(17,18)15(12(9)16)8-11(14)13(3,4)5/h6-7,11H,1-2,8,14H2,3-5H3/t11-/m1/s1. The summed E-state index contributed by atoms with van der Waals surface area (Å²) in [6, 6.07) is -0.457. The van der Waals surface area contributed by atoms with Gasteiger partial charge in [-0.1, -0.05) is 40.0 Å². The number of carbonyl (C=O) groups excluding carboxylic acids is 1. The van der Waals surface area contributed by atoms with Gasteiger partial charge in [0.15, 0.2) is 0 Å². The van der Waals surface area contributed by atoms with Gasteiger partial charge in [-0.15, -0.1) is 0 Å². The summed E-state index contributed by atoms with van der Waals surface area (Å²) in [4.78, 5) is 12.0. The molecule has 0 aromatic carbocycles. The second kappa shape index (κ2) is 4.94. The quantitative estimate of drug-likeness (QED) is 0.840. The predicted molar refractivity (Wildman–Crippen MR) is 75.5 cm³/mol. The van der Waals surface area contributed by atoms with Gasteiger partial charge in [-0.05, 0) is 11.5 Å². The first-order valence-corrected chi connectivity index (χ1v) is 7.33. The number of hydrogen-bond donors (Lipinski definition) is 1. The van der Waals surface area contributed by atoms with Crippen molar-refractivity contribution in [2.75, 3.05) is 6.54 Å². The number of nitrogens with two attached hydrogens (primary N) is 1. The molecule has 0 aromatic heterocycles. The van der Waals surface area contributed by atoms with Gasteiger partial charge in [0.1, 0.15) is 0 Å². The fourth-order valence-electron chi connectivity index (χ4n) is 1.64. The summed E-state index contributed by atoms with van der Waals surface area (Å²) in [7, 11) is -3.85. The van der Waals surface area contributed by atoms with E-state index in [4.69, 9.17) is 5.73 Å².